The molecule has 1 N–H and O–H groups in total. The Bertz CT molecular complexity index is 403. The molecule has 1 aliphatic rings. The van der Waals surface area contributed by atoms with Gasteiger partial charge in [0.2, 0.25) is 0 Å². The maximum atomic E-state index is 9.80. The third-order valence-corrected chi connectivity index (χ3v) is 3.69. The Morgan fingerprint density at radius 3 is 2.53 bits per heavy atom. The zero-order chi connectivity index (χ0) is 13.7. The summed E-state index contributed by atoms with van der Waals surface area (Å²) in [7, 11) is 0. The monoisotopic (exact) mass is 264 g/mol. The molecule has 2 rings (SSSR count). The molecule has 0 heterocycles. The summed E-state index contributed by atoms with van der Waals surface area (Å²) in [5.41, 5.74) is 1.26. The van der Waals surface area contributed by atoms with Crippen LogP contribution in [0.5, 0.6) is 11.5 Å². The molecule has 0 saturated heterocycles. The van der Waals surface area contributed by atoms with Gasteiger partial charge in [-0.05, 0) is 56.7 Å². The van der Waals surface area contributed by atoms with Crippen LogP contribution in [0.3, 0.4) is 0 Å². The minimum Gasteiger partial charge on any atom is -0.490 e. The molecule has 0 aliphatic heterocycles. The van der Waals surface area contributed by atoms with E-state index in [1.807, 2.05) is 19.9 Å². The first-order valence-corrected chi connectivity index (χ1v) is 7.32. The highest BCUT2D eigenvalue weighted by molar-refractivity contribution is 5.44. The molecule has 1 fully saturated rings. The molecule has 19 heavy (non-hydrogen) atoms. The van der Waals surface area contributed by atoms with E-state index in [0.717, 1.165) is 37.2 Å². The topological polar surface area (TPSA) is 38.7 Å². The van der Waals surface area contributed by atoms with Crippen molar-refractivity contribution in [3.8, 4) is 11.5 Å². The Morgan fingerprint density at radius 2 is 1.84 bits per heavy atom. The Morgan fingerprint density at radius 1 is 1.11 bits per heavy atom. The van der Waals surface area contributed by atoms with Crippen molar-refractivity contribution in [1.82, 2.24) is 0 Å². The van der Waals surface area contributed by atoms with Gasteiger partial charge in [-0.3, -0.25) is 0 Å². The first-order chi connectivity index (χ1) is 9.24. The molecule has 2 unspecified atom stereocenters. The van der Waals surface area contributed by atoms with Gasteiger partial charge in [0.25, 0.3) is 0 Å². The first kappa shape index (κ1) is 14.2. The van der Waals surface area contributed by atoms with E-state index in [2.05, 4.69) is 12.1 Å². The quantitative estimate of drug-likeness (QED) is 0.884. The third-order valence-electron chi connectivity index (χ3n) is 3.69. The van der Waals surface area contributed by atoms with Crippen LogP contribution in [0, 0.1) is 0 Å². The lowest BCUT2D eigenvalue weighted by molar-refractivity contribution is 0.119. The molecular weight excluding hydrogens is 240 g/mol. The predicted octanol–water partition coefficient (Wildman–Crippen LogP) is 3.50. The van der Waals surface area contributed by atoms with Gasteiger partial charge in [0.15, 0.2) is 11.5 Å². The van der Waals surface area contributed by atoms with Crippen LogP contribution < -0.4 is 9.47 Å². The Balaban J connectivity index is 2.18. The molecule has 1 aromatic rings. The highest BCUT2D eigenvalue weighted by Gasteiger charge is 2.22. The van der Waals surface area contributed by atoms with E-state index in [-0.39, 0.29) is 6.10 Å². The van der Waals surface area contributed by atoms with Gasteiger partial charge >= 0.3 is 0 Å². The zero-order valence-corrected chi connectivity index (χ0v) is 11.9. The molecule has 0 aromatic heterocycles. The minimum atomic E-state index is -0.152. The molecule has 0 radical (unpaired) electrons. The van der Waals surface area contributed by atoms with Gasteiger partial charge in [-0.15, -0.1) is 0 Å². The van der Waals surface area contributed by atoms with Crippen LogP contribution in [0.15, 0.2) is 18.2 Å². The molecule has 0 bridgehead atoms. The lowest BCUT2D eigenvalue weighted by atomic mass is 9.82. The molecule has 3 nitrogen and oxygen atoms in total. The summed E-state index contributed by atoms with van der Waals surface area (Å²) in [6.07, 6.45) is 3.89. The van der Waals surface area contributed by atoms with Crippen LogP contribution in [-0.4, -0.2) is 24.4 Å². The molecular formula is C16H24O3. The molecule has 0 spiro atoms. The zero-order valence-electron chi connectivity index (χ0n) is 11.9. The number of hydrogen-bond acceptors (Lipinski definition) is 3. The van der Waals surface area contributed by atoms with Crippen molar-refractivity contribution >= 4 is 0 Å². The highest BCUT2D eigenvalue weighted by atomic mass is 16.5. The SMILES string of the molecule is CCOc1ccc(C2CCCC(O)C2)cc1OCC. The summed E-state index contributed by atoms with van der Waals surface area (Å²) < 4.78 is 11.2. The largest absolute Gasteiger partial charge is 0.490 e. The molecule has 2 atom stereocenters. The average molecular weight is 264 g/mol. The van der Waals surface area contributed by atoms with Gasteiger partial charge in [0.1, 0.15) is 0 Å². The lowest BCUT2D eigenvalue weighted by Gasteiger charge is -2.26. The van der Waals surface area contributed by atoms with Crippen molar-refractivity contribution in [3.05, 3.63) is 23.8 Å². The van der Waals surface area contributed by atoms with Crippen LogP contribution in [0.4, 0.5) is 0 Å². The number of hydrogen-bond donors (Lipinski definition) is 1. The number of rotatable bonds is 5. The maximum absolute atomic E-state index is 9.80. The second kappa shape index (κ2) is 6.80. The number of aliphatic hydroxyl groups excluding tert-OH is 1. The Kier molecular flexibility index (Phi) is 5.08. The first-order valence-electron chi connectivity index (χ1n) is 7.32. The van der Waals surface area contributed by atoms with Gasteiger partial charge in [-0.25, -0.2) is 0 Å². The van der Waals surface area contributed by atoms with Crippen molar-refractivity contribution in [3.63, 3.8) is 0 Å². The lowest BCUT2D eigenvalue weighted by Crippen LogP contribution is -2.18. The van der Waals surface area contributed by atoms with Crippen LogP contribution in [0.25, 0.3) is 0 Å². The van der Waals surface area contributed by atoms with Gasteiger partial charge in [0.05, 0.1) is 19.3 Å². The van der Waals surface area contributed by atoms with E-state index >= 15 is 0 Å². The van der Waals surface area contributed by atoms with Crippen molar-refractivity contribution in [2.24, 2.45) is 0 Å². The molecule has 3 heteroatoms. The second-order valence-corrected chi connectivity index (χ2v) is 5.09. The second-order valence-electron chi connectivity index (χ2n) is 5.09. The van der Waals surface area contributed by atoms with E-state index in [1.54, 1.807) is 0 Å². The Labute approximate surface area is 115 Å². The number of aliphatic hydroxyl groups is 1. The van der Waals surface area contributed by atoms with Crippen molar-refractivity contribution < 1.29 is 14.6 Å². The summed E-state index contributed by atoms with van der Waals surface area (Å²) in [4.78, 5) is 0. The van der Waals surface area contributed by atoms with Crippen LogP contribution in [0.1, 0.15) is 51.0 Å². The fourth-order valence-electron chi connectivity index (χ4n) is 2.79. The van der Waals surface area contributed by atoms with Crippen LogP contribution in [-0.2, 0) is 0 Å². The van der Waals surface area contributed by atoms with Crippen molar-refractivity contribution in [2.45, 2.75) is 51.6 Å². The van der Waals surface area contributed by atoms with E-state index in [4.69, 9.17) is 9.47 Å². The predicted molar refractivity (Wildman–Crippen MR) is 76.0 cm³/mol. The Hall–Kier alpha value is -1.22. The smallest absolute Gasteiger partial charge is 0.161 e. The van der Waals surface area contributed by atoms with E-state index < -0.39 is 0 Å². The van der Waals surface area contributed by atoms with Gasteiger partial charge in [0, 0.05) is 0 Å². The summed E-state index contributed by atoms with van der Waals surface area (Å²) in [5, 5.41) is 9.80. The summed E-state index contributed by atoms with van der Waals surface area (Å²) in [5.74, 6) is 2.07. The molecule has 1 aromatic carbocycles. The van der Waals surface area contributed by atoms with Crippen LogP contribution >= 0.6 is 0 Å². The van der Waals surface area contributed by atoms with Crippen LogP contribution in [0.2, 0.25) is 0 Å². The van der Waals surface area contributed by atoms with E-state index in [9.17, 15) is 5.11 Å². The highest BCUT2D eigenvalue weighted by Crippen LogP contribution is 2.37. The minimum absolute atomic E-state index is 0.152. The number of ether oxygens (including phenoxy) is 2. The average Bonchev–Trinajstić information content (AvgIpc) is 2.41. The van der Waals surface area contributed by atoms with E-state index in [1.165, 1.54) is 5.56 Å². The van der Waals surface area contributed by atoms with Crippen molar-refractivity contribution in [2.75, 3.05) is 13.2 Å². The third kappa shape index (κ3) is 3.63. The molecule has 1 aliphatic carbocycles. The van der Waals surface area contributed by atoms with Gasteiger partial charge in [-0.2, -0.15) is 0 Å². The maximum Gasteiger partial charge on any atom is 0.161 e. The molecule has 0 amide bonds. The molecule has 106 valence electrons. The molecule has 1 saturated carbocycles. The fraction of sp³-hybridized carbons (Fsp3) is 0.625. The standard InChI is InChI=1S/C16H24O3/c1-3-18-15-9-8-13(11-16(15)19-4-2)12-6-5-7-14(17)10-12/h8-9,11-12,14,17H,3-7,10H2,1-2H3. The summed E-state index contributed by atoms with van der Waals surface area (Å²) in [6.45, 7) is 5.23. The summed E-state index contributed by atoms with van der Waals surface area (Å²) >= 11 is 0. The summed E-state index contributed by atoms with van der Waals surface area (Å²) in [6, 6.07) is 6.18. The van der Waals surface area contributed by atoms with Crippen molar-refractivity contribution in [1.29, 1.82) is 0 Å². The van der Waals surface area contributed by atoms with Gasteiger partial charge in [-0.1, -0.05) is 12.5 Å². The number of benzene rings is 1. The fourth-order valence-corrected chi connectivity index (χ4v) is 2.79. The van der Waals surface area contributed by atoms with Gasteiger partial charge < -0.3 is 14.6 Å². The normalized spacial score (nSPS) is 23.1. The van der Waals surface area contributed by atoms with E-state index in [0.29, 0.717) is 19.1 Å².